The van der Waals surface area contributed by atoms with Crippen LogP contribution in [0.15, 0.2) is 30.3 Å². The van der Waals surface area contributed by atoms with Crippen molar-refractivity contribution in [3.8, 4) is 0 Å². The molecule has 6 heteroatoms. The molecule has 0 radical (unpaired) electrons. The van der Waals surface area contributed by atoms with E-state index in [1.165, 1.54) is 11.3 Å². The molecule has 1 aliphatic carbocycles. The van der Waals surface area contributed by atoms with E-state index in [1.54, 1.807) is 0 Å². The smallest absolute Gasteiger partial charge is 0.222 e. The summed E-state index contributed by atoms with van der Waals surface area (Å²) in [6.45, 7) is 4.24. The Hall–Kier alpha value is -2.34. The van der Waals surface area contributed by atoms with Crippen LogP contribution in [0.2, 0.25) is 0 Å². The number of anilines is 3. The van der Waals surface area contributed by atoms with Crippen LogP contribution in [0.1, 0.15) is 42.9 Å². The summed E-state index contributed by atoms with van der Waals surface area (Å²) in [5.41, 5.74) is 15.5. The zero-order valence-corrected chi connectivity index (χ0v) is 15.4. The molecule has 1 aromatic carbocycles. The number of rotatable bonds is 4. The molecule has 6 nitrogen and oxygen atoms in total. The van der Waals surface area contributed by atoms with Crippen LogP contribution in [0.5, 0.6) is 0 Å². The molecule has 1 saturated heterocycles. The Balaban J connectivity index is 1.37. The second-order valence-corrected chi connectivity index (χ2v) is 7.71. The fourth-order valence-corrected chi connectivity index (χ4v) is 3.99. The van der Waals surface area contributed by atoms with E-state index in [-0.39, 0.29) is 0 Å². The Labute approximate surface area is 155 Å². The van der Waals surface area contributed by atoms with Crippen molar-refractivity contribution in [1.29, 1.82) is 0 Å². The Morgan fingerprint density at radius 1 is 1.12 bits per heavy atom. The summed E-state index contributed by atoms with van der Waals surface area (Å²) in [6, 6.07) is 11.5. The first-order valence-corrected chi connectivity index (χ1v) is 9.55. The summed E-state index contributed by atoms with van der Waals surface area (Å²) in [6.07, 6.45) is 4.15. The van der Waals surface area contributed by atoms with Crippen molar-refractivity contribution in [2.45, 2.75) is 50.6 Å². The fourth-order valence-electron chi connectivity index (χ4n) is 3.99. The summed E-state index contributed by atoms with van der Waals surface area (Å²) in [5.74, 6) is 1.63. The molecule has 4 rings (SSSR count). The van der Waals surface area contributed by atoms with Gasteiger partial charge in [0.1, 0.15) is 5.82 Å². The van der Waals surface area contributed by atoms with Gasteiger partial charge in [-0.2, -0.15) is 4.98 Å². The van der Waals surface area contributed by atoms with E-state index in [0.717, 1.165) is 50.3 Å². The van der Waals surface area contributed by atoms with E-state index in [9.17, 15) is 0 Å². The van der Waals surface area contributed by atoms with Crippen molar-refractivity contribution in [2.24, 2.45) is 5.73 Å². The monoisotopic (exact) mass is 352 g/mol. The van der Waals surface area contributed by atoms with E-state index < -0.39 is 0 Å². The van der Waals surface area contributed by atoms with Crippen molar-refractivity contribution in [2.75, 3.05) is 29.0 Å². The van der Waals surface area contributed by atoms with E-state index in [2.05, 4.69) is 57.4 Å². The number of nitrogens with zero attached hydrogens (tertiary/aromatic N) is 3. The highest BCUT2D eigenvalue weighted by Gasteiger charge is 2.29. The molecular formula is C20H28N6. The molecule has 2 aromatic rings. The first-order chi connectivity index (χ1) is 12.6. The fraction of sp³-hybridized carbons (Fsp3) is 0.500. The Morgan fingerprint density at radius 2 is 1.88 bits per heavy atom. The van der Waals surface area contributed by atoms with Crippen LogP contribution < -0.4 is 21.7 Å². The maximum Gasteiger partial charge on any atom is 0.222 e. The summed E-state index contributed by atoms with van der Waals surface area (Å²) in [5, 5.41) is 3.57. The first kappa shape index (κ1) is 17.1. The lowest BCUT2D eigenvalue weighted by atomic mass is 9.78. The minimum Gasteiger partial charge on any atom is -0.371 e. The molecule has 2 aliphatic rings. The van der Waals surface area contributed by atoms with Crippen molar-refractivity contribution in [1.82, 2.24) is 9.97 Å². The third kappa shape index (κ3) is 3.75. The van der Waals surface area contributed by atoms with Gasteiger partial charge in [0, 0.05) is 42.8 Å². The summed E-state index contributed by atoms with van der Waals surface area (Å²) < 4.78 is 0. The molecule has 0 spiro atoms. The van der Waals surface area contributed by atoms with E-state index in [0.29, 0.717) is 23.9 Å². The number of nitrogen functional groups attached to an aromatic ring is 1. The van der Waals surface area contributed by atoms with Gasteiger partial charge in [0.15, 0.2) is 0 Å². The van der Waals surface area contributed by atoms with Crippen molar-refractivity contribution >= 4 is 17.5 Å². The zero-order chi connectivity index (χ0) is 18.1. The number of benzene rings is 1. The number of hydrogen-bond acceptors (Lipinski definition) is 6. The predicted octanol–water partition coefficient (Wildman–Crippen LogP) is 2.65. The lowest BCUT2D eigenvalue weighted by Gasteiger charge is -2.35. The average molecular weight is 352 g/mol. The van der Waals surface area contributed by atoms with Gasteiger partial charge in [-0.15, -0.1) is 0 Å². The predicted molar refractivity (Wildman–Crippen MR) is 106 cm³/mol. The Kier molecular flexibility index (Phi) is 4.68. The van der Waals surface area contributed by atoms with Gasteiger partial charge >= 0.3 is 0 Å². The number of aryl methyl sites for hydroxylation is 1. The standard InChI is InChI=1S/C20H28N6/c1-13-3-2-4-17(9-13)26-7-5-16(6-8-26)23-19-12-18(24-20(22)25-19)14-10-15(21)11-14/h2-4,9,12,14-16H,5-8,10-11,21H2,1H3,(H3,22,23,24,25). The maximum absolute atomic E-state index is 5.93. The topological polar surface area (TPSA) is 93.1 Å². The van der Waals surface area contributed by atoms with Crippen molar-refractivity contribution < 1.29 is 0 Å². The van der Waals surface area contributed by atoms with Gasteiger partial charge in [0.05, 0.1) is 5.69 Å². The molecule has 2 heterocycles. The van der Waals surface area contributed by atoms with Gasteiger partial charge in [0.2, 0.25) is 5.95 Å². The van der Waals surface area contributed by atoms with Crippen LogP contribution >= 0.6 is 0 Å². The SMILES string of the molecule is Cc1cccc(N2CCC(Nc3cc(C4CC(N)C4)nc(N)n3)CC2)c1. The van der Waals surface area contributed by atoms with Crippen LogP contribution in [-0.4, -0.2) is 35.1 Å². The molecule has 1 aromatic heterocycles. The molecule has 1 aliphatic heterocycles. The number of hydrogen-bond donors (Lipinski definition) is 3. The zero-order valence-electron chi connectivity index (χ0n) is 15.4. The molecule has 0 amide bonds. The summed E-state index contributed by atoms with van der Waals surface area (Å²) >= 11 is 0. The van der Waals surface area contributed by atoms with Crippen LogP contribution in [0.3, 0.4) is 0 Å². The number of piperidine rings is 1. The average Bonchev–Trinajstić information content (AvgIpc) is 2.59. The number of nitrogens with one attached hydrogen (secondary N) is 1. The van der Waals surface area contributed by atoms with Crippen LogP contribution in [0.25, 0.3) is 0 Å². The normalized spacial score (nSPS) is 23.5. The summed E-state index contributed by atoms with van der Waals surface area (Å²) in [4.78, 5) is 11.3. The Morgan fingerprint density at radius 3 is 2.58 bits per heavy atom. The maximum atomic E-state index is 5.93. The number of nitrogens with two attached hydrogens (primary N) is 2. The van der Waals surface area contributed by atoms with Crippen molar-refractivity contribution in [3.05, 3.63) is 41.6 Å². The molecule has 1 saturated carbocycles. The lowest BCUT2D eigenvalue weighted by Crippen LogP contribution is -2.39. The third-order valence-corrected chi connectivity index (χ3v) is 5.57. The van der Waals surface area contributed by atoms with Gasteiger partial charge in [-0.05, 0) is 50.3 Å². The highest BCUT2D eigenvalue weighted by atomic mass is 15.2. The minimum absolute atomic E-state index is 0.304. The molecule has 5 N–H and O–H groups in total. The largest absolute Gasteiger partial charge is 0.371 e. The third-order valence-electron chi connectivity index (χ3n) is 5.57. The second-order valence-electron chi connectivity index (χ2n) is 7.71. The lowest BCUT2D eigenvalue weighted by molar-refractivity contribution is 0.345. The van der Waals surface area contributed by atoms with E-state index >= 15 is 0 Å². The number of aromatic nitrogens is 2. The molecule has 2 fully saturated rings. The van der Waals surface area contributed by atoms with E-state index in [4.69, 9.17) is 11.5 Å². The second kappa shape index (κ2) is 7.11. The molecular weight excluding hydrogens is 324 g/mol. The molecule has 0 atom stereocenters. The van der Waals surface area contributed by atoms with Gasteiger partial charge in [-0.1, -0.05) is 12.1 Å². The molecule has 138 valence electrons. The quantitative estimate of drug-likeness (QED) is 0.783. The first-order valence-electron chi connectivity index (χ1n) is 9.55. The van der Waals surface area contributed by atoms with Crippen molar-refractivity contribution in [3.63, 3.8) is 0 Å². The minimum atomic E-state index is 0.304. The van der Waals surface area contributed by atoms with Crippen LogP contribution in [0, 0.1) is 6.92 Å². The summed E-state index contributed by atoms with van der Waals surface area (Å²) in [7, 11) is 0. The highest BCUT2D eigenvalue weighted by molar-refractivity contribution is 5.49. The molecule has 26 heavy (non-hydrogen) atoms. The Bertz CT molecular complexity index is 763. The van der Waals surface area contributed by atoms with Crippen LogP contribution in [-0.2, 0) is 0 Å². The van der Waals surface area contributed by atoms with E-state index in [1.807, 2.05) is 0 Å². The molecule has 0 unspecified atom stereocenters. The molecule has 0 bridgehead atoms. The van der Waals surface area contributed by atoms with Gasteiger partial charge in [-0.3, -0.25) is 0 Å². The van der Waals surface area contributed by atoms with Gasteiger partial charge in [0.25, 0.3) is 0 Å². The van der Waals surface area contributed by atoms with Gasteiger partial charge in [-0.25, -0.2) is 4.98 Å². The highest BCUT2D eigenvalue weighted by Crippen LogP contribution is 2.35. The van der Waals surface area contributed by atoms with Crippen LogP contribution in [0.4, 0.5) is 17.5 Å². The van der Waals surface area contributed by atoms with Gasteiger partial charge < -0.3 is 21.7 Å².